The average molecular weight is 249 g/mol. The monoisotopic (exact) mass is 249 g/mol. The second kappa shape index (κ2) is 6.27. The predicted octanol–water partition coefficient (Wildman–Crippen LogP) is 1.19. The Labute approximate surface area is 109 Å². The highest BCUT2D eigenvalue weighted by Gasteiger charge is 2.26. The summed E-state index contributed by atoms with van der Waals surface area (Å²) in [6.07, 6.45) is 0. The number of pyridine rings is 1. The maximum atomic E-state index is 6.03. The first-order chi connectivity index (χ1) is 8.69. The summed E-state index contributed by atoms with van der Waals surface area (Å²) in [6.45, 7) is 8.59. The molecule has 1 aromatic rings. The molecular formula is C14H23N3O. The van der Waals surface area contributed by atoms with Crippen LogP contribution in [0.25, 0.3) is 0 Å². The van der Waals surface area contributed by atoms with E-state index in [0.717, 1.165) is 37.6 Å². The Kier molecular flexibility index (Phi) is 4.69. The van der Waals surface area contributed by atoms with Gasteiger partial charge in [0.05, 0.1) is 18.9 Å². The highest BCUT2D eigenvalue weighted by molar-refractivity contribution is 5.09. The van der Waals surface area contributed by atoms with E-state index >= 15 is 0 Å². The molecule has 2 heterocycles. The topological polar surface area (TPSA) is 51.4 Å². The third-order valence-corrected chi connectivity index (χ3v) is 3.52. The van der Waals surface area contributed by atoms with Gasteiger partial charge in [-0.2, -0.15) is 0 Å². The lowest BCUT2D eigenvalue weighted by molar-refractivity contribution is 0.166. The minimum absolute atomic E-state index is 0.185. The van der Waals surface area contributed by atoms with Gasteiger partial charge in [0.2, 0.25) is 0 Å². The van der Waals surface area contributed by atoms with E-state index in [1.54, 1.807) is 0 Å². The minimum Gasteiger partial charge on any atom is -0.379 e. The largest absolute Gasteiger partial charge is 0.379 e. The van der Waals surface area contributed by atoms with Crippen molar-refractivity contribution < 1.29 is 4.74 Å². The quantitative estimate of drug-likeness (QED) is 0.851. The van der Waals surface area contributed by atoms with Gasteiger partial charge in [0.1, 0.15) is 0 Å². The molecule has 1 saturated heterocycles. The average Bonchev–Trinajstić information content (AvgIpc) is 2.74. The first kappa shape index (κ1) is 13.5. The zero-order valence-electron chi connectivity index (χ0n) is 11.3. The van der Waals surface area contributed by atoms with Gasteiger partial charge in [-0.1, -0.05) is 13.0 Å². The van der Waals surface area contributed by atoms with Gasteiger partial charge in [-0.25, -0.2) is 0 Å². The molecule has 4 nitrogen and oxygen atoms in total. The number of aryl methyl sites for hydroxylation is 1. The van der Waals surface area contributed by atoms with Crippen molar-refractivity contribution in [2.45, 2.75) is 26.4 Å². The van der Waals surface area contributed by atoms with Crippen LogP contribution in [-0.2, 0) is 11.3 Å². The minimum atomic E-state index is 0.185. The zero-order valence-corrected chi connectivity index (χ0v) is 11.3. The highest BCUT2D eigenvalue weighted by atomic mass is 16.5. The molecule has 0 saturated carbocycles. The number of hydrogen-bond acceptors (Lipinski definition) is 4. The summed E-state index contributed by atoms with van der Waals surface area (Å²) in [5, 5.41) is 0. The van der Waals surface area contributed by atoms with Crippen LogP contribution in [-0.4, -0.2) is 42.2 Å². The Morgan fingerprint density at radius 1 is 1.44 bits per heavy atom. The van der Waals surface area contributed by atoms with Crippen molar-refractivity contribution in [2.24, 2.45) is 11.7 Å². The van der Waals surface area contributed by atoms with Gasteiger partial charge in [0, 0.05) is 30.7 Å². The molecule has 1 fully saturated rings. The lowest BCUT2D eigenvalue weighted by atomic mass is 10.0. The Bertz CT molecular complexity index is 383. The number of nitrogens with two attached hydrogens (primary N) is 1. The molecule has 1 aliphatic rings. The third-order valence-electron chi connectivity index (χ3n) is 3.52. The van der Waals surface area contributed by atoms with Crippen LogP contribution in [0.5, 0.6) is 0 Å². The van der Waals surface area contributed by atoms with Gasteiger partial charge < -0.3 is 10.5 Å². The van der Waals surface area contributed by atoms with E-state index in [1.165, 1.54) is 0 Å². The van der Waals surface area contributed by atoms with Crippen LogP contribution >= 0.6 is 0 Å². The summed E-state index contributed by atoms with van der Waals surface area (Å²) in [7, 11) is 0. The van der Waals surface area contributed by atoms with Crippen LogP contribution in [0.1, 0.15) is 18.3 Å². The van der Waals surface area contributed by atoms with Gasteiger partial charge in [0.25, 0.3) is 0 Å². The van der Waals surface area contributed by atoms with Gasteiger partial charge in [-0.3, -0.25) is 9.88 Å². The van der Waals surface area contributed by atoms with Crippen molar-refractivity contribution in [3.63, 3.8) is 0 Å². The lowest BCUT2D eigenvalue weighted by Crippen LogP contribution is -2.38. The number of hydrogen-bond donors (Lipinski definition) is 1. The summed E-state index contributed by atoms with van der Waals surface area (Å²) in [6, 6.07) is 6.36. The Hall–Kier alpha value is -0.970. The van der Waals surface area contributed by atoms with Crippen molar-refractivity contribution in [3.8, 4) is 0 Å². The maximum Gasteiger partial charge on any atom is 0.0621 e. The molecule has 0 bridgehead atoms. The Balaban J connectivity index is 1.92. The molecule has 0 spiro atoms. The highest BCUT2D eigenvalue weighted by Crippen LogP contribution is 2.14. The number of ether oxygens (including phenoxy) is 1. The summed E-state index contributed by atoms with van der Waals surface area (Å²) in [5.74, 6) is 0.453. The second-order valence-electron chi connectivity index (χ2n) is 5.06. The Morgan fingerprint density at radius 2 is 2.28 bits per heavy atom. The summed E-state index contributed by atoms with van der Waals surface area (Å²) < 4.78 is 5.42. The summed E-state index contributed by atoms with van der Waals surface area (Å²) in [5.41, 5.74) is 8.23. The fourth-order valence-electron chi connectivity index (χ4n) is 2.36. The summed E-state index contributed by atoms with van der Waals surface area (Å²) in [4.78, 5) is 6.94. The molecule has 2 N–H and O–H groups in total. The van der Waals surface area contributed by atoms with E-state index in [-0.39, 0.29) is 6.04 Å². The smallest absolute Gasteiger partial charge is 0.0621 e. The second-order valence-corrected chi connectivity index (χ2v) is 5.06. The van der Waals surface area contributed by atoms with Crippen molar-refractivity contribution in [1.29, 1.82) is 0 Å². The van der Waals surface area contributed by atoms with E-state index in [9.17, 15) is 0 Å². The van der Waals surface area contributed by atoms with Crippen LogP contribution in [0, 0.1) is 12.8 Å². The SMILES string of the molecule is CCN(Cc1cccc(C)n1)CC1COCC1N. The molecular weight excluding hydrogens is 226 g/mol. The molecule has 4 heteroatoms. The van der Waals surface area contributed by atoms with Gasteiger partial charge in [-0.15, -0.1) is 0 Å². The molecule has 2 unspecified atom stereocenters. The van der Waals surface area contributed by atoms with Crippen molar-refractivity contribution in [3.05, 3.63) is 29.6 Å². The molecule has 1 aliphatic heterocycles. The number of rotatable bonds is 5. The van der Waals surface area contributed by atoms with Gasteiger partial charge in [0.15, 0.2) is 0 Å². The zero-order chi connectivity index (χ0) is 13.0. The molecule has 1 aromatic heterocycles. The van der Waals surface area contributed by atoms with Crippen LogP contribution in [0.4, 0.5) is 0 Å². The first-order valence-electron chi connectivity index (χ1n) is 6.67. The van der Waals surface area contributed by atoms with Crippen molar-refractivity contribution >= 4 is 0 Å². The first-order valence-corrected chi connectivity index (χ1v) is 6.67. The van der Waals surface area contributed by atoms with Crippen molar-refractivity contribution in [1.82, 2.24) is 9.88 Å². The van der Waals surface area contributed by atoms with Crippen LogP contribution in [0.3, 0.4) is 0 Å². The predicted molar refractivity (Wildman–Crippen MR) is 72.2 cm³/mol. The Morgan fingerprint density at radius 3 is 2.89 bits per heavy atom. The standard InChI is InChI=1S/C14H23N3O/c1-3-17(7-12-9-18-10-14(12)15)8-13-6-4-5-11(2)16-13/h4-6,12,14H,3,7-10,15H2,1-2H3. The molecule has 18 heavy (non-hydrogen) atoms. The van der Waals surface area contributed by atoms with Gasteiger partial charge in [-0.05, 0) is 25.6 Å². The number of aromatic nitrogens is 1. The normalized spacial score (nSPS) is 23.8. The van der Waals surface area contributed by atoms with Gasteiger partial charge >= 0.3 is 0 Å². The van der Waals surface area contributed by atoms with Crippen LogP contribution in [0.15, 0.2) is 18.2 Å². The molecule has 0 radical (unpaired) electrons. The van der Waals surface area contributed by atoms with E-state index in [0.29, 0.717) is 12.5 Å². The van der Waals surface area contributed by atoms with E-state index in [1.807, 2.05) is 13.0 Å². The fourth-order valence-corrected chi connectivity index (χ4v) is 2.36. The van der Waals surface area contributed by atoms with Crippen LogP contribution < -0.4 is 5.73 Å². The molecule has 2 rings (SSSR count). The molecule has 100 valence electrons. The summed E-state index contributed by atoms with van der Waals surface area (Å²) >= 11 is 0. The van der Waals surface area contributed by atoms with E-state index in [2.05, 4.69) is 28.9 Å². The van der Waals surface area contributed by atoms with Crippen molar-refractivity contribution in [2.75, 3.05) is 26.3 Å². The molecule has 2 atom stereocenters. The maximum absolute atomic E-state index is 6.03. The fraction of sp³-hybridized carbons (Fsp3) is 0.643. The molecule has 0 amide bonds. The van der Waals surface area contributed by atoms with Crippen LogP contribution in [0.2, 0.25) is 0 Å². The van der Waals surface area contributed by atoms with E-state index < -0.39 is 0 Å². The molecule has 0 aromatic carbocycles. The molecule has 0 aliphatic carbocycles. The third kappa shape index (κ3) is 3.51. The lowest BCUT2D eigenvalue weighted by Gasteiger charge is -2.25. The number of nitrogens with zero attached hydrogens (tertiary/aromatic N) is 2. The van der Waals surface area contributed by atoms with E-state index in [4.69, 9.17) is 10.5 Å².